The van der Waals surface area contributed by atoms with Crippen LogP contribution in [0.15, 0.2) is 36.4 Å². The number of ether oxygens (including phenoxy) is 1. The number of rotatable bonds is 2. The molecular formula is C20H26N2O. The third-order valence-electron chi connectivity index (χ3n) is 5.90. The second kappa shape index (κ2) is 6.04. The van der Waals surface area contributed by atoms with E-state index >= 15 is 0 Å². The summed E-state index contributed by atoms with van der Waals surface area (Å²) in [6.45, 7) is 4.79. The van der Waals surface area contributed by atoms with Gasteiger partial charge in [0.05, 0.1) is 7.11 Å². The second-order valence-corrected chi connectivity index (χ2v) is 7.10. The molecule has 1 N–H and O–H groups in total. The minimum Gasteiger partial charge on any atom is -0.496 e. The molecule has 122 valence electrons. The number of benzene rings is 2. The number of hydrogen-bond donors (Lipinski definition) is 1. The van der Waals surface area contributed by atoms with Crippen LogP contribution < -0.4 is 15.0 Å². The Bertz CT molecular complexity index is 681. The summed E-state index contributed by atoms with van der Waals surface area (Å²) >= 11 is 0. The van der Waals surface area contributed by atoms with Crippen molar-refractivity contribution in [1.29, 1.82) is 0 Å². The molecule has 2 aliphatic rings. The molecular weight excluding hydrogens is 284 g/mol. The molecule has 2 heterocycles. The smallest absolute Gasteiger partial charge is 0.126 e. The summed E-state index contributed by atoms with van der Waals surface area (Å²) in [5.41, 5.74) is 1.97. The van der Waals surface area contributed by atoms with Crippen molar-refractivity contribution < 1.29 is 4.74 Å². The van der Waals surface area contributed by atoms with Gasteiger partial charge < -0.3 is 15.0 Å². The highest BCUT2D eigenvalue weighted by molar-refractivity contribution is 5.91. The summed E-state index contributed by atoms with van der Waals surface area (Å²) < 4.78 is 5.47. The largest absolute Gasteiger partial charge is 0.496 e. The van der Waals surface area contributed by atoms with Gasteiger partial charge in [-0.25, -0.2) is 0 Å². The maximum absolute atomic E-state index is 5.47. The van der Waals surface area contributed by atoms with Crippen LogP contribution in [0.25, 0.3) is 10.8 Å². The number of methoxy groups -OCH3 is 1. The number of fused-ring (bicyclic) bond motifs is 1. The lowest BCUT2D eigenvalue weighted by Gasteiger charge is -2.45. The molecule has 1 spiro atoms. The Balaban J connectivity index is 1.54. The molecule has 4 rings (SSSR count). The molecule has 0 atom stereocenters. The van der Waals surface area contributed by atoms with Crippen molar-refractivity contribution in [2.24, 2.45) is 5.41 Å². The monoisotopic (exact) mass is 310 g/mol. The van der Waals surface area contributed by atoms with Crippen molar-refractivity contribution in [1.82, 2.24) is 5.32 Å². The standard InChI is InChI=1S/C20H26N2O/c1-23-19-4-2-3-16-15-17(5-6-18(16)19)22-13-9-20(10-14-22)7-11-21-12-8-20/h2-6,15,21H,7-14H2,1H3. The average molecular weight is 310 g/mol. The van der Waals surface area contributed by atoms with Gasteiger partial charge in [-0.2, -0.15) is 0 Å². The van der Waals surface area contributed by atoms with E-state index in [1.54, 1.807) is 7.11 Å². The summed E-state index contributed by atoms with van der Waals surface area (Å²) in [6.07, 6.45) is 5.39. The van der Waals surface area contributed by atoms with Gasteiger partial charge in [-0.05, 0) is 73.8 Å². The Kier molecular flexibility index (Phi) is 3.90. The van der Waals surface area contributed by atoms with Crippen LogP contribution in [-0.4, -0.2) is 33.3 Å². The fourth-order valence-electron chi connectivity index (χ4n) is 4.31. The first-order chi connectivity index (χ1) is 11.3. The first-order valence-corrected chi connectivity index (χ1v) is 8.82. The highest BCUT2D eigenvalue weighted by atomic mass is 16.5. The highest BCUT2D eigenvalue weighted by Gasteiger charge is 2.35. The van der Waals surface area contributed by atoms with Crippen LogP contribution in [0, 0.1) is 5.41 Å². The SMILES string of the molecule is COc1cccc2cc(N3CCC4(CCNCC4)CC3)ccc12. The molecule has 0 radical (unpaired) electrons. The van der Waals surface area contributed by atoms with E-state index in [0.717, 1.165) is 5.75 Å². The van der Waals surface area contributed by atoms with E-state index in [4.69, 9.17) is 4.74 Å². The summed E-state index contributed by atoms with van der Waals surface area (Å²) in [5.74, 6) is 0.960. The topological polar surface area (TPSA) is 24.5 Å². The predicted octanol–water partition coefficient (Wildman–Crippen LogP) is 3.82. The Morgan fingerprint density at radius 1 is 1.00 bits per heavy atom. The van der Waals surface area contributed by atoms with E-state index in [9.17, 15) is 0 Å². The fraction of sp³-hybridized carbons (Fsp3) is 0.500. The molecule has 0 saturated carbocycles. The maximum atomic E-state index is 5.47. The first kappa shape index (κ1) is 14.8. The molecule has 0 aliphatic carbocycles. The van der Waals surface area contributed by atoms with Crippen molar-refractivity contribution in [3.05, 3.63) is 36.4 Å². The first-order valence-electron chi connectivity index (χ1n) is 8.82. The molecule has 23 heavy (non-hydrogen) atoms. The van der Waals surface area contributed by atoms with Gasteiger partial charge >= 0.3 is 0 Å². The fourth-order valence-corrected chi connectivity index (χ4v) is 4.31. The van der Waals surface area contributed by atoms with Crippen LogP contribution in [0.4, 0.5) is 5.69 Å². The van der Waals surface area contributed by atoms with Crippen LogP contribution in [0.5, 0.6) is 5.75 Å². The van der Waals surface area contributed by atoms with Crippen molar-refractivity contribution in [3.63, 3.8) is 0 Å². The van der Waals surface area contributed by atoms with E-state index in [2.05, 4.69) is 40.5 Å². The lowest BCUT2D eigenvalue weighted by atomic mass is 9.71. The zero-order chi connectivity index (χ0) is 15.7. The average Bonchev–Trinajstić information content (AvgIpc) is 2.62. The molecule has 0 aromatic heterocycles. The molecule has 0 bridgehead atoms. The second-order valence-electron chi connectivity index (χ2n) is 7.10. The molecule has 2 saturated heterocycles. The van der Waals surface area contributed by atoms with Crippen LogP contribution in [0.2, 0.25) is 0 Å². The van der Waals surface area contributed by atoms with E-state index in [0.29, 0.717) is 5.41 Å². The number of piperidine rings is 2. The van der Waals surface area contributed by atoms with Gasteiger partial charge in [0, 0.05) is 24.2 Å². The quantitative estimate of drug-likeness (QED) is 0.912. The van der Waals surface area contributed by atoms with E-state index in [1.807, 2.05) is 6.07 Å². The minimum absolute atomic E-state index is 0.613. The van der Waals surface area contributed by atoms with Gasteiger partial charge in [0.1, 0.15) is 5.75 Å². The van der Waals surface area contributed by atoms with Gasteiger partial charge in [-0.15, -0.1) is 0 Å². The summed E-state index contributed by atoms with van der Waals surface area (Å²) in [6, 6.07) is 13.1. The van der Waals surface area contributed by atoms with Crippen molar-refractivity contribution in [2.45, 2.75) is 25.7 Å². The summed E-state index contributed by atoms with van der Waals surface area (Å²) in [7, 11) is 1.74. The molecule has 3 nitrogen and oxygen atoms in total. The molecule has 2 fully saturated rings. The molecule has 2 aromatic rings. The van der Waals surface area contributed by atoms with E-state index < -0.39 is 0 Å². The third kappa shape index (κ3) is 2.78. The molecule has 2 aromatic carbocycles. The number of anilines is 1. The lowest BCUT2D eigenvalue weighted by molar-refractivity contribution is 0.155. The van der Waals surface area contributed by atoms with E-state index in [1.165, 1.54) is 68.3 Å². The number of nitrogens with one attached hydrogen (secondary N) is 1. The highest BCUT2D eigenvalue weighted by Crippen LogP contribution is 2.41. The van der Waals surface area contributed by atoms with Crippen LogP contribution in [0.1, 0.15) is 25.7 Å². The Hall–Kier alpha value is -1.74. The van der Waals surface area contributed by atoms with Crippen molar-refractivity contribution in [3.8, 4) is 5.75 Å². The molecule has 0 unspecified atom stereocenters. The Morgan fingerprint density at radius 2 is 1.78 bits per heavy atom. The van der Waals surface area contributed by atoms with Gasteiger partial charge in [0.15, 0.2) is 0 Å². The number of nitrogens with zero attached hydrogens (tertiary/aromatic N) is 1. The Morgan fingerprint density at radius 3 is 2.52 bits per heavy atom. The minimum atomic E-state index is 0.613. The zero-order valence-electron chi connectivity index (χ0n) is 14.0. The molecule has 3 heteroatoms. The van der Waals surface area contributed by atoms with Crippen LogP contribution in [0.3, 0.4) is 0 Å². The molecule has 0 amide bonds. The Labute approximate surface area is 138 Å². The lowest BCUT2D eigenvalue weighted by Crippen LogP contribution is -2.45. The van der Waals surface area contributed by atoms with Gasteiger partial charge in [0.2, 0.25) is 0 Å². The van der Waals surface area contributed by atoms with E-state index in [-0.39, 0.29) is 0 Å². The zero-order valence-corrected chi connectivity index (χ0v) is 14.0. The maximum Gasteiger partial charge on any atom is 0.126 e. The van der Waals surface area contributed by atoms with Gasteiger partial charge in [0.25, 0.3) is 0 Å². The third-order valence-corrected chi connectivity index (χ3v) is 5.90. The normalized spacial score (nSPS) is 20.8. The van der Waals surface area contributed by atoms with Crippen molar-refractivity contribution in [2.75, 3.05) is 38.2 Å². The summed E-state index contributed by atoms with van der Waals surface area (Å²) in [5, 5.41) is 5.97. The van der Waals surface area contributed by atoms with Gasteiger partial charge in [-0.1, -0.05) is 12.1 Å². The summed E-state index contributed by atoms with van der Waals surface area (Å²) in [4.78, 5) is 2.56. The molecule has 2 aliphatic heterocycles. The number of hydrogen-bond acceptors (Lipinski definition) is 3. The van der Waals surface area contributed by atoms with Gasteiger partial charge in [-0.3, -0.25) is 0 Å². The van der Waals surface area contributed by atoms with Crippen molar-refractivity contribution >= 4 is 16.5 Å². The van der Waals surface area contributed by atoms with Crippen LogP contribution >= 0.6 is 0 Å². The predicted molar refractivity (Wildman–Crippen MR) is 96.5 cm³/mol. The van der Waals surface area contributed by atoms with Crippen LogP contribution in [-0.2, 0) is 0 Å².